The smallest absolute Gasteiger partial charge is 0.269 e. The second-order valence-corrected chi connectivity index (χ2v) is 3.50. The number of amides is 1. The maximum Gasteiger partial charge on any atom is 0.269 e. The van der Waals surface area contributed by atoms with Gasteiger partial charge in [-0.05, 0) is 26.0 Å². The molecule has 5 heteroatoms. The summed E-state index contributed by atoms with van der Waals surface area (Å²) in [6.45, 7) is 3.43. The summed E-state index contributed by atoms with van der Waals surface area (Å²) < 4.78 is 0. The van der Waals surface area contributed by atoms with Crippen LogP contribution in [0.25, 0.3) is 0 Å². The summed E-state index contributed by atoms with van der Waals surface area (Å²) in [6.07, 6.45) is -0.594. The minimum atomic E-state index is -0.594. The largest absolute Gasteiger partial charge is 0.392 e. The van der Waals surface area contributed by atoms with Crippen LogP contribution in [0.4, 0.5) is 0 Å². The molecular formula is C11H13N3O2. The van der Waals surface area contributed by atoms with Gasteiger partial charge in [0, 0.05) is 6.54 Å². The first-order valence-electron chi connectivity index (χ1n) is 4.88. The van der Waals surface area contributed by atoms with E-state index in [0.29, 0.717) is 11.3 Å². The van der Waals surface area contributed by atoms with E-state index in [9.17, 15) is 4.79 Å². The van der Waals surface area contributed by atoms with Crippen molar-refractivity contribution in [2.45, 2.75) is 20.0 Å². The molecule has 84 valence electrons. The first-order chi connectivity index (χ1) is 7.54. The Morgan fingerprint density at radius 3 is 2.88 bits per heavy atom. The third-order valence-corrected chi connectivity index (χ3v) is 2.00. The monoisotopic (exact) mass is 219 g/mol. The van der Waals surface area contributed by atoms with Gasteiger partial charge in [-0.25, -0.2) is 4.98 Å². The highest BCUT2D eigenvalue weighted by atomic mass is 16.3. The zero-order valence-electron chi connectivity index (χ0n) is 9.19. The fourth-order valence-corrected chi connectivity index (χ4v) is 1.14. The number of pyridine rings is 1. The number of nitrogens with zero attached hydrogens (tertiary/aromatic N) is 2. The van der Waals surface area contributed by atoms with Gasteiger partial charge in [0.05, 0.1) is 17.4 Å². The minimum Gasteiger partial charge on any atom is -0.392 e. The molecule has 0 unspecified atom stereocenters. The molecule has 0 saturated heterocycles. The molecule has 0 aliphatic carbocycles. The summed E-state index contributed by atoms with van der Waals surface area (Å²) in [4.78, 5) is 15.5. The van der Waals surface area contributed by atoms with Crippen molar-refractivity contribution in [2.24, 2.45) is 0 Å². The van der Waals surface area contributed by atoms with Crippen molar-refractivity contribution in [2.75, 3.05) is 6.54 Å². The molecule has 2 N–H and O–H groups in total. The predicted molar refractivity (Wildman–Crippen MR) is 57.7 cm³/mol. The number of hydrogen-bond acceptors (Lipinski definition) is 4. The number of hydrogen-bond donors (Lipinski definition) is 2. The average molecular weight is 219 g/mol. The molecule has 0 aliphatic rings. The number of carbonyl (C=O) groups is 1. The van der Waals surface area contributed by atoms with E-state index in [0.717, 1.165) is 0 Å². The van der Waals surface area contributed by atoms with Crippen molar-refractivity contribution < 1.29 is 9.90 Å². The van der Waals surface area contributed by atoms with Gasteiger partial charge in [-0.2, -0.15) is 5.26 Å². The molecule has 0 bridgehead atoms. The van der Waals surface area contributed by atoms with Crippen molar-refractivity contribution >= 4 is 5.91 Å². The van der Waals surface area contributed by atoms with Crippen LogP contribution in [0.5, 0.6) is 0 Å². The van der Waals surface area contributed by atoms with Gasteiger partial charge < -0.3 is 10.4 Å². The summed E-state index contributed by atoms with van der Waals surface area (Å²) >= 11 is 0. The van der Waals surface area contributed by atoms with Crippen LogP contribution in [0.15, 0.2) is 12.1 Å². The van der Waals surface area contributed by atoms with Gasteiger partial charge in [0.25, 0.3) is 5.91 Å². The lowest BCUT2D eigenvalue weighted by atomic mass is 10.2. The molecule has 0 aliphatic heterocycles. The van der Waals surface area contributed by atoms with E-state index in [1.165, 1.54) is 6.07 Å². The van der Waals surface area contributed by atoms with Gasteiger partial charge in [-0.3, -0.25) is 4.79 Å². The number of aliphatic hydroxyl groups is 1. The summed E-state index contributed by atoms with van der Waals surface area (Å²) in [7, 11) is 0. The number of aliphatic hydroxyl groups excluding tert-OH is 1. The molecule has 16 heavy (non-hydrogen) atoms. The molecule has 0 saturated carbocycles. The lowest BCUT2D eigenvalue weighted by Crippen LogP contribution is -2.31. The van der Waals surface area contributed by atoms with Gasteiger partial charge in [-0.1, -0.05) is 0 Å². The molecule has 0 fully saturated rings. The topological polar surface area (TPSA) is 86.0 Å². The van der Waals surface area contributed by atoms with Crippen LogP contribution < -0.4 is 5.32 Å². The van der Waals surface area contributed by atoms with Crippen molar-refractivity contribution in [3.8, 4) is 6.07 Å². The van der Waals surface area contributed by atoms with E-state index in [-0.39, 0.29) is 18.1 Å². The average Bonchev–Trinajstić information content (AvgIpc) is 2.25. The number of rotatable bonds is 3. The Balaban J connectivity index is 2.78. The van der Waals surface area contributed by atoms with Gasteiger partial charge in [0.15, 0.2) is 0 Å². The summed E-state index contributed by atoms with van der Waals surface area (Å²) in [5.41, 5.74) is 1.22. The standard InChI is InChI=1S/C11H13N3O2/c1-7(15)6-13-11(16)10-4-3-9(5-12)8(2)14-10/h3-4,7,15H,6H2,1-2H3,(H,13,16)/t7-/m0/s1. The SMILES string of the molecule is Cc1nc(C(=O)NC[C@H](C)O)ccc1C#N. The zero-order valence-corrected chi connectivity index (χ0v) is 9.19. The highest BCUT2D eigenvalue weighted by Gasteiger charge is 2.09. The van der Waals surface area contributed by atoms with E-state index in [1.54, 1.807) is 19.9 Å². The number of carbonyl (C=O) groups excluding carboxylic acids is 1. The maximum absolute atomic E-state index is 11.5. The fourth-order valence-electron chi connectivity index (χ4n) is 1.14. The molecule has 1 rings (SSSR count). The predicted octanol–water partition coefficient (Wildman–Crippen LogP) is 0.372. The molecule has 1 atom stereocenters. The van der Waals surface area contributed by atoms with E-state index in [2.05, 4.69) is 10.3 Å². The van der Waals surface area contributed by atoms with Crippen LogP contribution in [-0.4, -0.2) is 28.6 Å². The van der Waals surface area contributed by atoms with E-state index < -0.39 is 6.10 Å². The van der Waals surface area contributed by atoms with Crippen molar-refractivity contribution in [3.05, 3.63) is 29.1 Å². The van der Waals surface area contributed by atoms with Crippen LogP contribution in [0.1, 0.15) is 28.7 Å². The first-order valence-corrected chi connectivity index (χ1v) is 4.88. The van der Waals surface area contributed by atoms with Gasteiger partial charge in [-0.15, -0.1) is 0 Å². The van der Waals surface area contributed by atoms with Crippen LogP contribution in [0.3, 0.4) is 0 Å². The molecule has 1 aromatic heterocycles. The Bertz CT molecular complexity index is 435. The highest BCUT2D eigenvalue weighted by Crippen LogP contribution is 2.05. The van der Waals surface area contributed by atoms with Gasteiger partial charge in [0.2, 0.25) is 0 Å². The van der Waals surface area contributed by atoms with Crippen molar-refractivity contribution in [1.29, 1.82) is 5.26 Å². The molecule has 1 heterocycles. The third kappa shape index (κ3) is 3.04. The fraction of sp³-hybridized carbons (Fsp3) is 0.364. The van der Waals surface area contributed by atoms with Crippen LogP contribution in [0.2, 0.25) is 0 Å². The number of nitriles is 1. The van der Waals surface area contributed by atoms with Gasteiger partial charge in [0.1, 0.15) is 11.8 Å². The minimum absolute atomic E-state index is 0.180. The summed E-state index contributed by atoms with van der Waals surface area (Å²) in [6, 6.07) is 5.02. The number of aromatic nitrogens is 1. The molecule has 1 aromatic rings. The van der Waals surface area contributed by atoms with Gasteiger partial charge >= 0.3 is 0 Å². The van der Waals surface area contributed by atoms with Crippen LogP contribution in [-0.2, 0) is 0 Å². The molecule has 5 nitrogen and oxygen atoms in total. The molecule has 0 aromatic carbocycles. The Hall–Kier alpha value is -1.93. The van der Waals surface area contributed by atoms with Crippen molar-refractivity contribution in [3.63, 3.8) is 0 Å². The number of nitrogens with one attached hydrogen (secondary N) is 1. The second kappa shape index (κ2) is 5.24. The maximum atomic E-state index is 11.5. The van der Waals surface area contributed by atoms with Crippen LogP contribution >= 0.6 is 0 Å². The van der Waals surface area contributed by atoms with Crippen molar-refractivity contribution in [1.82, 2.24) is 10.3 Å². The second-order valence-electron chi connectivity index (χ2n) is 3.50. The molecule has 1 amide bonds. The Kier molecular flexibility index (Phi) is 3.97. The van der Waals surface area contributed by atoms with E-state index in [1.807, 2.05) is 6.07 Å². The highest BCUT2D eigenvalue weighted by molar-refractivity contribution is 5.92. The Morgan fingerprint density at radius 2 is 2.38 bits per heavy atom. The van der Waals surface area contributed by atoms with E-state index >= 15 is 0 Å². The molecular weight excluding hydrogens is 206 g/mol. The summed E-state index contributed by atoms with van der Waals surface area (Å²) in [5.74, 6) is -0.353. The quantitative estimate of drug-likeness (QED) is 0.769. The molecule has 0 spiro atoms. The number of aryl methyl sites for hydroxylation is 1. The Labute approximate surface area is 93.7 Å². The lowest BCUT2D eigenvalue weighted by molar-refractivity contribution is 0.0919. The first kappa shape index (κ1) is 12.1. The normalized spacial score (nSPS) is 11.6. The van der Waals surface area contributed by atoms with E-state index in [4.69, 9.17) is 10.4 Å². The third-order valence-electron chi connectivity index (χ3n) is 2.00. The lowest BCUT2D eigenvalue weighted by Gasteiger charge is -2.07. The van der Waals surface area contributed by atoms with Crippen LogP contribution in [0, 0.1) is 18.3 Å². The Morgan fingerprint density at radius 1 is 1.69 bits per heavy atom. The summed E-state index contributed by atoms with van der Waals surface area (Å²) in [5, 5.41) is 20.2. The molecule has 0 radical (unpaired) electrons. The zero-order chi connectivity index (χ0) is 12.1.